The van der Waals surface area contributed by atoms with Gasteiger partial charge in [0.15, 0.2) is 18.3 Å². The van der Waals surface area contributed by atoms with Crippen molar-refractivity contribution in [2.75, 3.05) is 6.61 Å². The minimum absolute atomic E-state index is 0.102. The van der Waals surface area contributed by atoms with Crippen molar-refractivity contribution < 1.29 is 50.9 Å². The summed E-state index contributed by atoms with van der Waals surface area (Å²) in [6.07, 6.45) is -10.9. The van der Waals surface area contributed by atoms with Gasteiger partial charge in [-0.15, -0.1) is 10.2 Å². The normalized spacial score (nSPS) is 20.1. The molecule has 1 aliphatic rings. The molecule has 1 aliphatic heterocycles. The summed E-state index contributed by atoms with van der Waals surface area (Å²) >= 11 is 0. The second-order valence-electron chi connectivity index (χ2n) is 8.97. The Balaban J connectivity index is 1.48. The Morgan fingerprint density at radius 1 is 0.690 bits per heavy atom. The molecule has 0 spiro atoms. The lowest BCUT2D eigenvalue weighted by Gasteiger charge is -2.24. The molecule has 10 nitrogen and oxygen atoms in total. The summed E-state index contributed by atoms with van der Waals surface area (Å²) in [4.78, 5) is 38.7. The molecule has 2 heterocycles. The van der Waals surface area contributed by atoms with Crippen LogP contribution in [0.2, 0.25) is 0 Å². The molecular formula is C29H21F3N2O8. The summed E-state index contributed by atoms with van der Waals surface area (Å²) < 4.78 is 67.1. The van der Waals surface area contributed by atoms with Crippen molar-refractivity contribution >= 4 is 17.9 Å². The summed E-state index contributed by atoms with van der Waals surface area (Å²) in [6, 6.07) is 23.5. The number of halogens is 3. The molecule has 0 radical (unpaired) electrons. The van der Waals surface area contributed by atoms with E-state index in [-0.39, 0.29) is 16.7 Å². The number of ether oxygens (including phenoxy) is 4. The van der Waals surface area contributed by atoms with Crippen LogP contribution in [0.1, 0.15) is 49.0 Å². The smallest absolute Gasteiger partial charge is 0.459 e. The first kappa shape index (κ1) is 28.5. The number of alkyl halides is 3. The highest BCUT2D eigenvalue weighted by atomic mass is 19.4. The third kappa shape index (κ3) is 6.47. The summed E-state index contributed by atoms with van der Waals surface area (Å²) in [5.41, 5.74) is 0.444. The second-order valence-corrected chi connectivity index (χ2v) is 8.97. The molecule has 5 rings (SSSR count). The lowest BCUT2D eigenvalue weighted by molar-refractivity contribution is -0.158. The van der Waals surface area contributed by atoms with Gasteiger partial charge in [-0.05, 0) is 36.4 Å². The summed E-state index contributed by atoms with van der Waals surface area (Å²) in [7, 11) is 0. The van der Waals surface area contributed by atoms with E-state index in [0.29, 0.717) is 0 Å². The summed E-state index contributed by atoms with van der Waals surface area (Å²) in [5.74, 6) is -4.85. The van der Waals surface area contributed by atoms with Crippen molar-refractivity contribution in [3.05, 3.63) is 119 Å². The van der Waals surface area contributed by atoms with Crippen molar-refractivity contribution in [1.82, 2.24) is 10.2 Å². The number of rotatable bonds is 8. The van der Waals surface area contributed by atoms with Crippen LogP contribution in [0.3, 0.4) is 0 Å². The van der Waals surface area contributed by atoms with Crippen LogP contribution < -0.4 is 0 Å². The standard InChI is InChI=1S/C29H21F3N2O8/c30-29(31,32)28-34-33-24(42-28)23-22(41-27(37)19-14-8-3-9-15-19)21(40-26(36)18-12-6-2-7-13-18)20(39-23)16-38-25(35)17-10-4-1-5-11-17/h1-15,20-23H,16H2. The van der Waals surface area contributed by atoms with Crippen molar-refractivity contribution in [3.8, 4) is 0 Å². The molecular weight excluding hydrogens is 561 g/mol. The maximum Gasteiger partial charge on any atom is 0.470 e. The first-order chi connectivity index (χ1) is 20.2. The van der Waals surface area contributed by atoms with Crippen LogP contribution in [0, 0.1) is 0 Å². The molecule has 13 heteroatoms. The van der Waals surface area contributed by atoms with Crippen LogP contribution in [0.4, 0.5) is 13.2 Å². The van der Waals surface area contributed by atoms with Gasteiger partial charge in [0.05, 0.1) is 16.7 Å². The summed E-state index contributed by atoms with van der Waals surface area (Å²) in [6.45, 7) is -0.531. The number of nitrogens with zero attached hydrogens (tertiary/aromatic N) is 2. The Morgan fingerprint density at radius 3 is 1.64 bits per heavy atom. The first-order valence-electron chi connectivity index (χ1n) is 12.5. The molecule has 42 heavy (non-hydrogen) atoms. The molecule has 0 saturated carbocycles. The van der Waals surface area contributed by atoms with Crippen molar-refractivity contribution in [3.63, 3.8) is 0 Å². The molecule has 0 amide bonds. The molecule has 4 aromatic rings. The fourth-order valence-corrected chi connectivity index (χ4v) is 4.14. The first-order valence-corrected chi connectivity index (χ1v) is 12.5. The summed E-state index contributed by atoms with van der Waals surface area (Å²) in [5, 5.41) is 6.46. The SMILES string of the molecule is O=C(OCC1OC(c2nnc(C(F)(F)F)o2)C(OC(=O)c2ccccc2)C1OC(=O)c1ccccc1)c1ccccc1. The van der Waals surface area contributed by atoms with Crippen LogP contribution in [-0.2, 0) is 25.1 Å². The molecule has 1 aromatic heterocycles. The van der Waals surface area contributed by atoms with E-state index in [1.54, 1.807) is 54.6 Å². The Bertz CT molecular complexity index is 1530. The quantitative estimate of drug-likeness (QED) is 0.210. The Morgan fingerprint density at radius 2 is 1.17 bits per heavy atom. The maximum atomic E-state index is 13.3. The van der Waals surface area contributed by atoms with Gasteiger partial charge in [0, 0.05) is 0 Å². The second kappa shape index (κ2) is 12.2. The molecule has 4 atom stereocenters. The van der Waals surface area contributed by atoms with Crippen LogP contribution in [0.5, 0.6) is 0 Å². The van der Waals surface area contributed by atoms with Gasteiger partial charge in [0.25, 0.3) is 0 Å². The molecule has 3 aromatic carbocycles. The minimum atomic E-state index is -4.97. The van der Waals surface area contributed by atoms with Gasteiger partial charge >= 0.3 is 30.0 Å². The van der Waals surface area contributed by atoms with Gasteiger partial charge in [-0.3, -0.25) is 0 Å². The molecule has 4 unspecified atom stereocenters. The Hall–Kier alpha value is -5.04. The average Bonchev–Trinajstić information content (AvgIpc) is 3.63. The van der Waals surface area contributed by atoms with Gasteiger partial charge < -0.3 is 23.4 Å². The average molecular weight is 582 g/mol. The predicted octanol–water partition coefficient (Wildman–Crippen LogP) is 4.84. The number of esters is 3. The third-order valence-corrected chi connectivity index (χ3v) is 6.13. The molecule has 1 saturated heterocycles. The van der Waals surface area contributed by atoms with E-state index in [9.17, 15) is 27.6 Å². The molecule has 1 fully saturated rings. The monoisotopic (exact) mass is 582 g/mol. The van der Waals surface area contributed by atoms with Crippen molar-refractivity contribution in [1.29, 1.82) is 0 Å². The van der Waals surface area contributed by atoms with E-state index in [0.717, 1.165) is 0 Å². The number of hydrogen-bond donors (Lipinski definition) is 0. The number of aromatic nitrogens is 2. The highest BCUT2D eigenvalue weighted by molar-refractivity contribution is 5.91. The van der Waals surface area contributed by atoms with Gasteiger partial charge in [-0.1, -0.05) is 54.6 Å². The zero-order valence-electron chi connectivity index (χ0n) is 21.5. The Labute approximate surface area is 236 Å². The van der Waals surface area contributed by atoms with Crippen LogP contribution in [-0.4, -0.2) is 53.0 Å². The number of benzene rings is 3. The Kier molecular flexibility index (Phi) is 8.29. The third-order valence-electron chi connectivity index (χ3n) is 6.13. The minimum Gasteiger partial charge on any atom is -0.459 e. The van der Waals surface area contributed by atoms with Crippen LogP contribution in [0.15, 0.2) is 95.4 Å². The van der Waals surface area contributed by atoms with E-state index >= 15 is 0 Å². The van der Waals surface area contributed by atoms with Crippen LogP contribution in [0.25, 0.3) is 0 Å². The van der Waals surface area contributed by atoms with E-state index in [4.69, 9.17) is 23.4 Å². The fourth-order valence-electron chi connectivity index (χ4n) is 4.14. The van der Waals surface area contributed by atoms with Gasteiger partial charge in [-0.25, -0.2) is 14.4 Å². The molecule has 0 aliphatic carbocycles. The number of hydrogen-bond acceptors (Lipinski definition) is 10. The topological polar surface area (TPSA) is 127 Å². The van der Waals surface area contributed by atoms with E-state index < -0.39 is 66.9 Å². The largest absolute Gasteiger partial charge is 0.470 e. The van der Waals surface area contributed by atoms with Crippen molar-refractivity contribution in [2.24, 2.45) is 0 Å². The maximum absolute atomic E-state index is 13.3. The molecule has 216 valence electrons. The fraction of sp³-hybridized carbons (Fsp3) is 0.207. The highest BCUT2D eigenvalue weighted by Gasteiger charge is 2.54. The zero-order chi connectivity index (χ0) is 29.7. The zero-order valence-corrected chi connectivity index (χ0v) is 21.5. The lowest BCUT2D eigenvalue weighted by atomic mass is 10.1. The molecule has 0 bridgehead atoms. The number of carbonyl (C=O) groups is 3. The lowest BCUT2D eigenvalue weighted by Crippen LogP contribution is -2.40. The van der Waals surface area contributed by atoms with E-state index in [1.807, 2.05) is 0 Å². The van der Waals surface area contributed by atoms with Crippen LogP contribution >= 0.6 is 0 Å². The van der Waals surface area contributed by atoms with Gasteiger partial charge in [-0.2, -0.15) is 13.2 Å². The van der Waals surface area contributed by atoms with Gasteiger partial charge in [0.2, 0.25) is 5.89 Å². The highest BCUT2D eigenvalue weighted by Crippen LogP contribution is 2.39. The van der Waals surface area contributed by atoms with E-state index in [1.165, 1.54) is 36.4 Å². The van der Waals surface area contributed by atoms with Crippen molar-refractivity contribution in [2.45, 2.75) is 30.6 Å². The van der Waals surface area contributed by atoms with Gasteiger partial charge in [0.1, 0.15) is 12.7 Å². The predicted molar refractivity (Wildman–Crippen MR) is 135 cm³/mol. The molecule has 0 N–H and O–H groups in total. The number of carbonyl (C=O) groups excluding carboxylic acids is 3. The van der Waals surface area contributed by atoms with E-state index in [2.05, 4.69) is 10.2 Å².